The molecule has 30 heavy (non-hydrogen) atoms. The molecule has 3 rings (SSSR count). The van der Waals surface area contributed by atoms with Gasteiger partial charge in [0.1, 0.15) is 0 Å². The third-order valence-corrected chi connectivity index (χ3v) is 5.46. The number of aromatic nitrogens is 2. The molecular weight excluding hydrogens is 396 g/mol. The fourth-order valence-corrected chi connectivity index (χ4v) is 3.55. The van der Waals surface area contributed by atoms with E-state index in [-0.39, 0.29) is 0 Å². The van der Waals surface area contributed by atoms with Crippen molar-refractivity contribution < 1.29 is 9.47 Å². The first-order valence-electron chi connectivity index (χ1n) is 9.73. The van der Waals surface area contributed by atoms with Crippen LogP contribution in [0.4, 0.5) is 11.4 Å². The predicted molar refractivity (Wildman–Crippen MR) is 126 cm³/mol. The molecular formula is C23H28N4O2S. The lowest BCUT2D eigenvalue weighted by molar-refractivity contribution is 0.354. The summed E-state index contributed by atoms with van der Waals surface area (Å²) in [6.45, 7) is 8.79. The first-order valence-corrected chi connectivity index (χ1v) is 10.1. The summed E-state index contributed by atoms with van der Waals surface area (Å²) in [6, 6.07) is 12.0. The molecule has 0 saturated carbocycles. The summed E-state index contributed by atoms with van der Waals surface area (Å²) in [7, 11) is 3.27. The van der Waals surface area contributed by atoms with E-state index in [2.05, 4.69) is 35.6 Å². The monoisotopic (exact) mass is 424 g/mol. The SMILES string of the molecule is COc1ccc(Cn2nc(C)c(NC(=S)Nc3cccc(C)c3C)c2C)cc1OC. The summed E-state index contributed by atoms with van der Waals surface area (Å²) in [5, 5.41) is 11.8. The zero-order valence-corrected chi connectivity index (χ0v) is 19.1. The molecule has 6 nitrogen and oxygen atoms in total. The van der Waals surface area contributed by atoms with E-state index in [0.29, 0.717) is 23.2 Å². The lowest BCUT2D eigenvalue weighted by atomic mass is 10.1. The zero-order chi connectivity index (χ0) is 21.8. The van der Waals surface area contributed by atoms with Crippen LogP contribution in [0.25, 0.3) is 0 Å². The number of anilines is 2. The Balaban J connectivity index is 1.77. The van der Waals surface area contributed by atoms with Gasteiger partial charge in [-0.2, -0.15) is 5.10 Å². The number of hydrogen-bond acceptors (Lipinski definition) is 4. The first-order chi connectivity index (χ1) is 14.3. The number of methoxy groups -OCH3 is 2. The van der Waals surface area contributed by atoms with Gasteiger partial charge >= 0.3 is 0 Å². The van der Waals surface area contributed by atoms with E-state index < -0.39 is 0 Å². The summed E-state index contributed by atoms with van der Waals surface area (Å²) in [5.74, 6) is 1.41. The fraction of sp³-hybridized carbons (Fsp3) is 0.304. The Kier molecular flexibility index (Phi) is 6.62. The van der Waals surface area contributed by atoms with E-state index in [1.54, 1.807) is 14.2 Å². The van der Waals surface area contributed by atoms with Crippen molar-refractivity contribution in [3.05, 3.63) is 64.5 Å². The van der Waals surface area contributed by atoms with E-state index in [1.807, 2.05) is 48.9 Å². The number of benzene rings is 2. The van der Waals surface area contributed by atoms with Gasteiger partial charge in [0.25, 0.3) is 0 Å². The predicted octanol–water partition coefficient (Wildman–Crippen LogP) is 4.99. The van der Waals surface area contributed by atoms with Crippen LogP contribution in [0.2, 0.25) is 0 Å². The second-order valence-electron chi connectivity index (χ2n) is 7.22. The number of hydrogen-bond donors (Lipinski definition) is 2. The summed E-state index contributed by atoms with van der Waals surface area (Å²) < 4.78 is 12.7. The summed E-state index contributed by atoms with van der Waals surface area (Å²) >= 11 is 5.55. The lowest BCUT2D eigenvalue weighted by Crippen LogP contribution is -2.20. The van der Waals surface area contributed by atoms with Gasteiger partial charge in [-0.15, -0.1) is 0 Å². The van der Waals surface area contributed by atoms with Gasteiger partial charge in [-0.1, -0.05) is 18.2 Å². The Morgan fingerprint density at radius 1 is 1.00 bits per heavy atom. The van der Waals surface area contributed by atoms with E-state index in [9.17, 15) is 0 Å². The molecule has 7 heteroatoms. The number of aryl methyl sites for hydroxylation is 2. The summed E-state index contributed by atoms with van der Waals surface area (Å²) in [5.41, 5.74) is 7.28. The van der Waals surface area contributed by atoms with Gasteiger partial charge in [0.15, 0.2) is 16.6 Å². The molecule has 0 fully saturated rings. The minimum absolute atomic E-state index is 0.542. The van der Waals surface area contributed by atoms with Gasteiger partial charge in [0.05, 0.1) is 37.8 Å². The van der Waals surface area contributed by atoms with Crippen LogP contribution in [-0.4, -0.2) is 29.1 Å². The molecule has 2 aromatic carbocycles. The Morgan fingerprint density at radius 3 is 2.43 bits per heavy atom. The van der Waals surface area contributed by atoms with Crippen molar-refractivity contribution in [2.45, 2.75) is 34.2 Å². The highest BCUT2D eigenvalue weighted by atomic mass is 32.1. The number of rotatable bonds is 6. The highest BCUT2D eigenvalue weighted by molar-refractivity contribution is 7.80. The van der Waals surface area contributed by atoms with Crippen LogP contribution in [0, 0.1) is 27.7 Å². The molecule has 0 atom stereocenters. The molecule has 0 spiro atoms. The van der Waals surface area contributed by atoms with Crippen LogP contribution in [0.15, 0.2) is 36.4 Å². The Labute approximate surface area is 183 Å². The maximum absolute atomic E-state index is 5.55. The van der Waals surface area contributed by atoms with Crippen LogP contribution >= 0.6 is 12.2 Å². The second kappa shape index (κ2) is 9.17. The van der Waals surface area contributed by atoms with Crippen LogP contribution in [0.5, 0.6) is 11.5 Å². The highest BCUT2D eigenvalue weighted by Crippen LogP contribution is 2.29. The summed E-state index contributed by atoms with van der Waals surface area (Å²) in [6.07, 6.45) is 0. The first kappa shape index (κ1) is 21.6. The molecule has 0 aliphatic rings. The van der Waals surface area contributed by atoms with Crippen molar-refractivity contribution in [2.24, 2.45) is 0 Å². The minimum Gasteiger partial charge on any atom is -0.493 e. The average molecular weight is 425 g/mol. The topological polar surface area (TPSA) is 60.3 Å². The van der Waals surface area contributed by atoms with Crippen LogP contribution in [0.1, 0.15) is 28.1 Å². The Bertz CT molecular complexity index is 1080. The zero-order valence-electron chi connectivity index (χ0n) is 18.3. The molecule has 0 aliphatic heterocycles. The van der Waals surface area contributed by atoms with Gasteiger partial charge < -0.3 is 20.1 Å². The third-order valence-electron chi connectivity index (χ3n) is 5.25. The van der Waals surface area contributed by atoms with Gasteiger partial charge in [0.2, 0.25) is 0 Å². The summed E-state index contributed by atoms with van der Waals surface area (Å²) in [4.78, 5) is 0. The van der Waals surface area contributed by atoms with Crippen molar-refractivity contribution >= 4 is 28.7 Å². The van der Waals surface area contributed by atoms with Crippen molar-refractivity contribution in [2.75, 3.05) is 24.9 Å². The van der Waals surface area contributed by atoms with E-state index >= 15 is 0 Å². The quantitative estimate of drug-likeness (QED) is 0.544. The van der Waals surface area contributed by atoms with E-state index in [1.165, 1.54) is 11.1 Å². The molecule has 0 radical (unpaired) electrons. The largest absolute Gasteiger partial charge is 0.493 e. The molecule has 158 valence electrons. The number of nitrogens with zero attached hydrogens (tertiary/aromatic N) is 2. The molecule has 3 aromatic rings. The second-order valence-corrected chi connectivity index (χ2v) is 7.63. The lowest BCUT2D eigenvalue weighted by Gasteiger charge is -2.14. The molecule has 0 bridgehead atoms. The maximum Gasteiger partial charge on any atom is 0.175 e. The Hall–Kier alpha value is -3.06. The van der Waals surface area contributed by atoms with Crippen LogP contribution < -0.4 is 20.1 Å². The van der Waals surface area contributed by atoms with Gasteiger partial charge in [-0.25, -0.2) is 0 Å². The Morgan fingerprint density at radius 2 is 1.73 bits per heavy atom. The average Bonchev–Trinajstić information content (AvgIpc) is 2.98. The standard InChI is InChI=1S/C23H28N4O2S/c1-14-8-7-9-19(15(14)2)24-23(30)25-22-16(3)26-27(17(22)4)13-18-10-11-20(28-5)21(12-18)29-6/h7-12H,13H2,1-6H3,(H2,24,25,30). The fourth-order valence-electron chi connectivity index (χ4n) is 3.34. The molecule has 0 saturated heterocycles. The van der Waals surface area contributed by atoms with E-state index in [0.717, 1.165) is 28.3 Å². The van der Waals surface area contributed by atoms with Crippen molar-refractivity contribution in [1.82, 2.24) is 9.78 Å². The molecule has 1 aromatic heterocycles. The van der Waals surface area contributed by atoms with Crippen molar-refractivity contribution in [3.8, 4) is 11.5 Å². The van der Waals surface area contributed by atoms with Gasteiger partial charge in [-0.3, -0.25) is 4.68 Å². The van der Waals surface area contributed by atoms with Gasteiger partial charge in [-0.05, 0) is 74.8 Å². The molecule has 2 N–H and O–H groups in total. The molecule has 1 heterocycles. The van der Waals surface area contributed by atoms with Gasteiger partial charge in [0, 0.05) is 5.69 Å². The van der Waals surface area contributed by atoms with Crippen molar-refractivity contribution in [3.63, 3.8) is 0 Å². The minimum atomic E-state index is 0.542. The van der Waals surface area contributed by atoms with Crippen LogP contribution in [-0.2, 0) is 6.54 Å². The number of nitrogens with one attached hydrogen (secondary N) is 2. The molecule has 0 aliphatic carbocycles. The number of thiocarbonyl (C=S) groups is 1. The maximum atomic E-state index is 5.55. The third kappa shape index (κ3) is 4.57. The molecule has 0 unspecified atom stereocenters. The van der Waals surface area contributed by atoms with Crippen molar-refractivity contribution in [1.29, 1.82) is 0 Å². The van der Waals surface area contributed by atoms with Crippen LogP contribution in [0.3, 0.4) is 0 Å². The molecule has 0 amide bonds. The smallest absolute Gasteiger partial charge is 0.175 e. The van der Waals surface area contributed by atoms with E-state index in [4.69, 9.17) is 21.7 Å². The normalized spacial score (nSPS) is 10.6. The number of ether oxygens (including phenoxy) is 2. The highest BCUT2D eigenvalue weighted by Gasteiger charge is 2.14.